The fraction of sp³-hybridized carbons (Fsp3) is 0.550. The van der Waals surface area contributed by atoms with Crippen molar-refractivity contribution in [3.05, 3.63) is 23.8 Å². The molecule has 7 heteroatoms. The van der Waals surface area contributed by atoms with Gasteiger partial charge in [0.05, 0.1) is 19.4 Å². The second-order valence-electron chi connectivity index (χ2n) is 6.50. The van der Waals surface area contributed by atoms with Crippen LogP contribution in [0.25, 0.3) is 0 Å². The zero-order chi connectivity index (χ0) is 19.5. The van der Waals surface area contributed by atoms with Crippen molar-refractivity contribution < 1.29 is 19.1 Å². The molecule has 148 valence electrons. The zero-order valence-corrected chi connectivity index (χ0v) is 16.1. The minimum atomic E-state index is -0.759. The lowest BCUT2D eigenvalue weighted by Gasteiger charge is -2.22. The topological polar surface area (TPSA) is 89.0 Å². The lowest BCUT2D eigenvalue weighted by molar-refractivity contribution is -0.139. The van der Waals surface area contributed by atoms with Crippen LogP contribution in [0.3, 0.4) is 0 Å². The van der Waals surface area contributed by atoms with Gasteiger partial charge in [-0.25, -0.2) is 5.43 Å². The summed E-state index contributed by atoms with van der Waals surface area (Å²) in [6, 6.07) is 5.49. The fourth-order valence-electron chi connectivity index (χ4n) is 2.92. The number of benzene rings is 1. The van der Waals surface area contributed by atoms with Crippen LogP contribution in [-0.2, 0) is 9.59 Å². The van der Waals surface area contributed by atoms with Gasteiger partial charge in [-0.1, -0.05) is 26.2 Å². The molecule has 1 saturated carbocycles. The van der Waals surface area contributed by atoms with E-state index in [2.05, 4.69) is 15.8 Å². The standard InChI is InChI=1S/C20H29N3O4/c1-3-12-27-17-11-10-15(13-18(17)26-4-2)14-21-23-20(25)19(24)22-16-8-6-5-7-9-16/h10-11,13-14,16H,3-9,12H2,1-2H3,(H,22,24)(H,23,25)/b21-14+. The summed E-state index contributed by atoms with van der Waals surface area (Å²) in [5, 5.41) is 6.63. The van der Waals surface area contributed by atoms with Crippen LogP contribution in [0, 0.1) is 0 Å². The van der Waals surface area contributed by atoms with Crippen LogP contribution in [0.5, 0.6) is 11.5 Å². The summed E-state index contributed by atoms with van der Waals surface area (Å²) in [5.74, 6) is -0.106. The first-order chi connectivity index (χ1) is 13.1. The number of hydrazone groups is 1. The molecule has 2 N–H and O–H groups in total. The van der Waals surface area contributed by atoms with E-state index in [-0.39, 0.29) is 6.04 Å². The number of hydrogen-bond donors (Lipinski definition) is 2. The van der Waals surface area contributed by atoms with Crippen LogP contribution in [0.4, 0.5) is 0 Å². The Morgan fingerprint density at radius 2 is 1.89 bits per heavy atom. The average Bonchev–Trinajstić information content (AvgIpc) is 2.68. The van der Waals surface area contributed by atoms with E-state index in [0.717, 1.165) is 37.7 Å². The maximum atomic E-state index is 11.9. The van der Waals surface area contributed by atoms with Gasteiger partial charge in [-0.05, 0) is 49.9 Å². The minimum Gasteiger partial charge on any atom is -0.490 e. The molecule has 0 spiro atoms. The van der Waals surface area contributed by atoms with Gasteiger partial charge < -0.3 is 14.8 Å². The Kier molecular flexibility index (Phi) is 8.61. The molecule has 0 heterocycles. The van der Waals surface area contributed by atoms with Gasteiger partial charge in [0.2, 0.25) is 0 Å². The Bertz CT molecular complexity index is 655. The lowest BCUT2D eigenvalue weighted by atomic mass is 9.95. The molecule has 7 nitrogen and oxygen atoms in total. The Morgan fingerprint density at radius 1 is 1.11 bits per heavy atom. The third-order valence-corrected chi connectivity index (χ3v) is 4.26. The summed E-state index contributed by atoms with van der Waals surface area (Å²) in [6.45, 7) is 5.06. The summed E-state index contributed by atoms with van der Waals surface area (Å²) >= 11 is 0. The van der Waals surface area contributed by atoms with E-state index >= 15 is 0 Å². The largest absolute Gasteiger partial charge is 0.490 e. The molecule has 0 radical (unpaired) electrons. The van der Waals surface area contributed by atoms with E-state index in [4.69, 9.17) is 9.47 Å². The first kappa shape index (κ1) is 20.7. The average molecular weight is 375 g/mol. The Labute approximate surface area is 160 Å². The highest BCUT2D eigenvalue weighted by atomic mass is 16.5. The second-order valence-corrected chi connectivity index (χ2v) is 6.50. The van der Waals surface area contributed by atoms with Crippen molar-refractivity contribution >= 4 is 18.0 Å². The van der Waals surface area contributed by atoms with Crippen molar-refractivity contribution in [1.82, 2.24) is 10.7 Å². The van der Waals surface area contributed by atoms with Crippen LogP contribution < -0.4 is 20.2 Å². The summed E-state index contributed by atoms with van der Waals surface area (Å²) in [6.07, 6.45) is 7.59. The van der Waals surface area contributed by atoms with E-state index in [1.807, 2.05) is 19.9 Å². The minimum absolute atomic E-state index is 0.0883. The van der Waals surface area contributed by atoms with Crippen molar-refractivity contribution in [2.45, 2.75) is 58.4 Å². The van der Waals surface area contributed by atoms with E-state index in [1.54, 1.807) is 12.1 Å². The normalized spacial score (nSPS) is 14.7. The van der Waals surface area contributed by atoms with Gasteiger partial charge in [0.25, 0.3) is 0 Å². The van der Waals surface area contributed by atoms with Gasteiger partial charge in [0.15, 0.2) is 11.5 Å². The molecule has 2 rings (SSSR count). The highest BCUT2D eigenvalue weighted by molar-refractivity contribution is 6.35. The summed E-state index contributed by atoms with van der Waals surface area (Å²) in [7, 11) is 0. The molecule has 1 aliphatic carbocycles. The van der Waals surface area contributed by atoms with Gasteiger partial charge in [0, 0.05) is 6.04 Å². The van der Waals surface area contributed by atoms with E-state index in [0.29, 0.717) is 24.7 Å². The predicted octanol–water partition coefficient (Wildman–Crippen LogP) is 2.77. The summed E-state index contributed by atoms with van der Waals surface area (Å²) in [5.41, 5.74) is 3.00. The number of carbonyl (C=O) groups is 2. The number of carbonyl (C=O) groups excluding carboxylic acids is 2. The van der Waals surface area contributed by atoms with Gasteiger partial charge in [-0.3, -0.25) is 9.59 Å². The van der Waals surface area contributed by atoms with Crippen molar-refractivity contribution in [3.63, 3.8) is 0 Å². The Balaban J connectivity index is 1.89. The van der Waals surface area contributed by atoms with Crippen LogP contribution in [0.2, 0.25) is 0 Å². The highest BCUT2D eigenvalue weighted by Gasteiger charge is 2.19. The van der Waals surface area contributed by atoms with Crippen molar-refractivity contribution in [3.8, 4) is 11.5 Å². The third-order valence-electron chi connectivity index (χ3n) is 4.26. The van der Waals surface area contributed by atoms with Crippen LogP contribution >= 0.6 is 0 Å². The highest BCUT2D eigenvalue weighted by Crippen LogP contribution is 2.28. The van der Waals surface area contributed by atoms with Crippen molar-refractivity contribution in [1.29, 1.82) is 0 Å². The third kappa shape index (κ3) is 6.92. The molecule has 0 bridgehead atoms. The molecule has 1 aromatic carbocycles. The molecule has 0 aliphatic heterocycles. The monoisotopic (exact) mass is 375 g/mol. The maximum absolute atomic E-state index is 11.9. The lowest BCUT2D eigenvalue weighted by Crippen LogP contribution is -2.44. The van der Waals surface area contributed by atoms with E-state index in [1.165, 1.54) is 12.6 Å². The zero-order valence-electron chi connectivity index (χ0n) is 16.1. The molecule has 1 fully saturated rings. The van der Waals surface area contributed by atoms with Gasteiger partial charge in [-0.15, -0.1) is 0 Å². The molecule has 27 heavy (non-hydrogen) atoms. The first-order valence-corrected chi connectivity index (χ1v) is 9.67. The molecule has 0 saturated heterocycles. The molecular formula is C20H29N3O4. The molecule has 0 aromatic heterocycles. The molecule has 0 atom stereocenters. The molecule has 1 aromatic rings. The number of hydrogen-bond acceptors (Lipinski definition) is 5. The molecule has 2 amide bonds. The van der Waals surface area contributed by atoms with Crippen molar-refractivity contribution in [2.24, 2.45) is 5.10 Å². The summed E-state index contributed by atoms with van der Waals surface area (Å²) in [4.78, 5) is 23.8. The quantitative estimate of drug-likeness (QED) is 0.415. The first-order valence-electron chi connectivity index (χ1n) is 9.67. The number of rotatable bonds is 8. The van der Waals surface area contributed by atoms with Gasteiger partial charge >= 0.3 is 11.8 Å². The fourth-order valence-corrected chi connectivity index (χ4v) is 2.92. The number of nitrogens with one attached hydrogen (secondary N) is 2. The molecule has 1 aliphatic rings. The predicted molar refractivity (Wildman–Crippen MR) is 104 cm³/mol. The molecular weight excluding hydrogens is 346 g/mol. The Morgan fingerprint density at radius 3 is 2.59 bits per heavy atom. The van der Waals surface area contributed by atoms with Crippen molar-refractivity contribution in [2.75, 3.05) is 13.2 Å². The van der Waals surface area contributed by atoms with E-state index < -0.39 is 11.8 Å². The number of amides is 2. The smallest absolute Gasteiger partial charge is 0.329 e. The maximum Gasteiger partial charge on any atom is 0.329 e. The van der Waals surface area contributed by atoms with E-state index in [9.17, 15) is 9.59 Å². The summed E-state index contributed by atoms with van der Waals surface area (Å²) < 4.78 is 11.2. The van der Waals surface area contributed by atoms with Crippen LogP contribution in [-0.4, -0.2) is 37.3 Å². The number of ether oxygens (including phenoxy) is 2. The van der Waals surface area contributed by atoms with Gasteiger partial charge in [0.1, 0.15) is 0 Å². The van der Waals surface area contributed by atoms with Crippen LogP contribution in [0.1, 0.15) is 57.9 Å². The number of nitrogens with zero attached hydrogens (tertiary/aromatic N) is 1. The van der Waals surface area contributed by atoms with Gasteiger partial charge in [-0.2, -0.15) is 5.10 Å². The Hall–Kier alpha value is -2.57. The SMILES string of the molecule is CCCOc1ccc(/C=N/NC(=O)C(=O)NC2CCCCC2)cc1OCC. The van der Waals surface area contributed by atoms with Crippen LogP contribution in [0.15, 0.2) is 23.3 Å². The molecule has 0 unspecified atom stereocenters. The second kappa shape index (κ2) is 11.2.